The largest absolute Gasteiger partial charge is 0.496 e. The fourth-order valence-corrected chi connectivity index (χ4v) is 3.43. The van der Waals surface area contributed by atoms with Crippen LogP contribution in [0, 0.1) is 5.92 Å². The van der Waals surface area contributed by atoms with Crippen LogP contribution in [0.1, 0.15) is 38.2 Å². The van der Waals surface area contributed by atoms with E-state index in [4.69, 9.17) is 4.74 Å². The van der Waals surface area contributed by atoms with Gasteiger partial charge in [-0.2, -0.15) is 0 Å². The van der Waals surface area contributed by atoms with Crippen molar-refractivity contribution in [2.45, 2.75) is 45.1 Å². The van der Waals surface area contributed by atoms with Crippen LogP contribution in [0.3, 0.4) is 0 Å². The molecule has 7 nitrogen and oxygen atoms in total. The van der Waals surface area contributed by atoms with Gasteiger partial charge in [-0.1, -0.05) is 25.1 Å². The molecule has 0 aromatic heterocycles. The SMILES string of the molecule is CCC(=O)N1CCCCC1C(=O)NCC(Cc1ccccc1OC)C(=O)O. The van der Waals surface area contributed by atoms with Gasteiger partial charge in [0.15, 0.2) is 0 Å². The van der Waals surface area contributed by atoms with E-state index in [0.717, 1.165) is 18.4 Å². The van der Waals surface area contributed by atoms with Crippen molar-refractivity contribution in [1.82, 2.24) is 10.2 Å². The van der Waals surface area contributed by atoms with Crippen molar-refractivity contribution in [3.8, 4) is 5.75 Å². The summed E-state index contributed by atoms with van der Waals surface area (Å²) in [4.78, 5) is 38.0. The zero-order chi connectivity index (χ0) is 19.8. The Labute approximate surface area is 159 Å². The molecule has 1 aromatic rings. The average Bonchev–Trinajstić information content (AvgIpc) is 2.70. The summed E-state index contributed by atoms with van der Waals surface area (Å²) in [6, 6.07) is 6.74. The van der Waals surface area contributed by atoms with Gasteiger partial charge in [0.05, 0.1) is 13.0 Å². The van der Waals surface area contributed by atoms with E-state index in [1.54, 1.807) is 25.0 Å². The lowest BCUT2D eigenvalue weighted by atomic mass is 9.97. The number of rotatable bonds is 8. The number of piperidine rings is 1. The Morgan fingerprint density at radius 1 is 1.30 bits per heavy atom. The van der Waals surface area contributed by atoms with Crippen molar-refractivity contribution >= 4 is 17.8 Å². The second kappa shape index (κ2) is 9.94. The fraction of sp³-hybridized carbons (Fsp3) is 0.550. The molecule has 148 valence electrons. The van der Waals surface area contributed by atoms with E-state index in [1.165, 1.54) is 0 Å². The quantitative estimate of drug-likeness (QED) is 0.722. The van der Waals surface area contributed by atoms with Crippen LogP contribution in [0.25, 0.3) is 0 Å². The molecule has 1 heterocycles. The van der Waals surface area contributed by atoms with Gasteiger partial charge in [-0.3, -0.25) is 14.4 Å². The second-order valence-corrected chi connectivity index (χ2v) is 6.75. The third kappa shape index (κ3) is 5.45. The zero-order valence-corrected chi connectivity index (χ0v) is 15.9. The van der Waals surface area contributed by atoms with Crippen LogP contribution in [0.5, 0.6) is 5.75 Å². The fourth-order valence-electron chi connectivity index (χ4n) is 3.43. The Hall–Kier alpha value is -2.57. The van der Waals surface area contributed by atoms with Crippen molar-refractivity contribution < 1.29 is 24.2 Å². The predicted octanol–water partition coefficient (Wildman–Crippen LogP) is 1.85. The van der Waals surface area contributed by atoms with Gasteiger partial charge >= 0.3 is 5.97 Å². The van der Waals surface area contributed by atoms with Gasteiger partial charge in [0.25, 0.3) is 0 Å². The van der Waals surface area contributed by atoms with E-state index in [9.17, 15) is 19.5 Å². The van der Waals surface area contributed by atoms with Crippen molar-refractivity contribution in [1.29, 1.82) is 0 Å². The monoisotopic (exact) mass is 376 g/mol. The molecule has 0 spiro atoms. The van der Waals surface area contributed by atoms with Crippen LogP contribution >= 0.6 is 0 Å². The number of ether oxygens (including phenoxy) is 1. The number of carboxylic acid groups (broad SMARTS) is 1. The second-order valence-electron chi connectivity index (χ2n) is 6.75. The van der Waals surface area contributed by atoms with Crippen LogP contribution in [0.2, 0.25) is 0 Å². The molecule has 2 rings (SSSR count). The molecular weight excluding hydrogens is 348 g/mol. The number of amides is 2. The highest BCUT2D eigenvalue weighted by Crippen LogP contribution is 2.22. The van der Waals surface area contributed by atoms with Crippen molar-refractivity contribution in [2.24, 2.45) is 5.92 Å². The lowest BCUT2D eigenvalue weighted by Gasteiger charge is -2.34. The normalized spacial score (nSPS) is 17.9. The number of para-hydroxylation sites is 1. The van der Waals surface area contributed by atoms with E-state index < -0.39 is 17.9 Å². The summed E-state index contributed by atoms with van der Waals surface area (Å²) >= 11 is 0. The van der Waals surface area contributed by atoms with Crippen LogP contribution in [-0.2, 0) is 20.8 Å². The van der Waals surface area contributed by atoms with Gasteiger partial charge in [0.1, 0.15) is 11.8 Å². The van der Waals surface area contributed by atoms with E-state index in [0.29, 0.717) is 25.1 Å². The van der Waals surface area contributed by atoms with E-state index in [1.807, 2.05) is 18.2 Å². The molecule has 0 radical (unpaired) electrons. The highest BCUT2D eigenvalue weighted by Gasteiger charge is 2.32. The number of nitrogens with one attached hydrogen (secondary N) is 1. The van der Waals surface area contributed by atoms with Crippen LogP contribution < -0.4 is 10.1 Å². The maximum atomic E-state index is 12.6. The lowest BCUT2D eigenvalue weighted by Crippen LogP contribution is -2.52. The van der Waals surface area contributed by atoms with Crippen LogP contribution in [-0.4, -0.2) is 54.0 Å². The predicted molar refractivity (Wildman–Crippen MR) is 100 cm³/mol. The first kappa shape index (κ1) is 20.7. The first-order chi connectivity index (χ1) is 13.0. The molecule has 0 bridgehead atoms. The number of nitrogens with zero attached hydrogens (tertiary/aromatic N) is 1. The van der Waals surface area contributed by atoms with Crippen molar-refractivity contribution in [3.05, 3.63) is 29.8 Å². The van der Waals surface area contributed by atoms with Crippen LogP contribution in [0.4, 0.5) is 0 Å². The number of aliphatic carboxylic acids is 1. The maximum absolute atomic E-state index is 12.6. The molecular formula is C20H28N2O5. The molecule has 1 aromatic carbocycles. The molecule has 1 saturated heterocycles. The number of benzene rings is 1. The smallest absolute Gasteiger partial charge is 0.308 e. The summed E-state index contributed by atoms with van der Waals surface area (Å²) in [5.74, 6) is -1.45. The summed E-state index contributed by atoms with van der Waals surface area (Å²) in [7, 11) is 1.54. The Balaban J connectivity index is 2.01. The summed E-state index contributed by atoms with van der Waals surface area (Å²) in [5.41, 5.74) is 0.780. The van der Waals surface area contributed by atoms with E-state index >= 15 is 0 Å². The molecule has 2 amide bonds. The number of likely N-dealkylation sites (tertiary alicyclic amines) is 1. The number of methoxy groups -OCH3 is 1. The van der Waals surface area contributed by atoms with Gasteiger partial charge in [-0.15, -0.1) is 0 Å². The van der Waals surface area contributed by atoms with Crippen LogP contribution in [0.15, 0.2) is 24.3 Å². The zero-order valence-electron chi connectivity index (χ0n) is 15.9. The van der Waals surface area contributed by atoms with E-state index in [-0.39, 0.29) is 24.8 Å². The summed E-state index contributed by atoms with van der Waals surface area (Å²) in [6.45, 7) is 2.37. The average molecular weight is 376 g/mol. The number of hydrogen-bond acceptors (Lipinski definition) is 4. The number of carbonyl (C=O) groups excluding carboxylic acids is 2. The van der Waals surface area contributed by atoms with Gasteiger partial charge in [0, 0.05) is 19.5 Å². The molecule has 1 fully saturated rings. The Bertz CT molecular complexity index is 676. The molecule has 7 heteroatoms. The highest BCUT2D eigenvalue weighted by atomic mass is 16.5. The Morgan fingerprint density at radius 2 is 2.04 bits per heavy atom. The minimum absolute atomic E-state index is 0.0108. The Morgan fingerprint density at radius 3 is 2.70 bits per heavy atom. The maximum Gasteiger partial charge on any atom is 0.308 e. The summed E-state index contributed by atoms with van der Waals surface area (Å²) < 4.78 is 5.28. The lowest BCUT2D eigenvalue weighted by molar-refractivity contribution is -0.144. The molecule has 2 N–H and O–H groups in total. The highest BCUT2D eigenvalue weighted by molar-refractivity contribution is 5.88. The number of carboxylic acids is 1. The molecule has 2 atom stereocenters. The minimum Gasteiger partial charge on any atom is -0.496 e. The van der Waals surface area contributed by atoms with Gasteiger partial charge in [-0.25, -0.2) is 0 Å². The number of carbonyl (C=O) groups is 3. The number of hydrogen-bond donors (Lipinski definition) is 2. The first-order valence-electron chi connectivity index (χ1n) is 9.39. The standard InChI is InChI=1S/C20H28N2O5/c1-3-18(23)22-11-7-6-9-16(22)19(24)21-13-15(20(25)26)12-14-8-4-5-10-17(14)27-2/h4-5,8,10,15-16H,3,6-7,9,11-13H2,1-2H3,(H,21,24)(H,25,26). The molecule has 1 aliphatic rings. The van der Waals surface area contributed by atoms with Gasteiger partial charge in [0.2, 0.25) is 11.8 Å². The van der Waals surface area contributed by atoms with Gasteiger partial charge < -0.3 is 20.1 Å². The van der Waals surface area contributed by atoms with Crippen molar-refractivity contribution in [3.63, 3.8) is 0 Å². The summed E-state index contributed by atoms with van der Waals surface area (Å²) in [6.07, 6.45) is 3.00. The topological polar surface area (TPSA) is 95.9 Å². The molecule has 27 heavy (non-hydrogen) atoms. The minimum atomic E-state index is -0.980. The van der Waals surface area contributed by atoms with Crippen molar-refractivity contribution in [2.75, 3.05) is 20.2 Å². The summed E-state index contributed by atoms with van der Waals surface area (Å²) in [5, 5.41) is 12.3. The third-order valence-corrected chi connectivity index (χ3v) is 4.96. The van der Waals surface area contributed by atoms with E-state index in [2.05, 4.69) is 5.32 Å². The Kier molecular flexibility index (Phi) is 7.64. The molecule has 0 aliphatic carbocycles. The molecule has 2 unspecified atom stereocenters. The third-order valence-electron chi connectivity index (χ3n) is 4.96. The first-order valence-corrected chi connectivity index (χ1v) is 9.39. The molecule has 1 aliphatic heterocycles. The molecule has 0 saturated carbocycles. The van der Waals surface area contributed by atoms with Gasteiger partial charge in [-0.05, 0) is 37.3 Å².